The van der Waals surface area contributed by atoms with Gasteiger partial charge in [0.2, 0.25) is 0 Å². The lowest BCUT2D eigenvalue weighted by molar-refractivity contribution is 0.0948. The van der Waals surface area contributed by atoms with Crippen LogP contribution < -0.4 is 10.6 Å². The molecule has 7 heteroatoms. The molecule has 0 radical (unpaired) electrons. The van der Waals surface area contributed by atoms with E-state index < -0.39 is 0 Å². The molecule has 0 bridgehead atoms. The summed E-state index contributed by atoms with van der Waals surface area (Å²) in [6.07, 6.45) is 2.38. The summed E-state index contributed by atoms with van der Waals surface area (Å²) >= 11 is 0. The number of piperazine rings is 1. The first-order valence-corrected chi connectivity index (χ1v) is 8.92. The first-order valence-electron chi connectivity index (χ1n) is 8.92. The van der Waals surface area contributed by atoms with Gasteiger partial charge in [-0.05, 0) is 25.0 Å². The monoisotopic (exact) mass is 396 g/mol. The molecule has 2 fully saturated rings. The third kappa shape index (κ3) is 4.86. The van der Waals surface area contributed by atoms with Crippen molar-refractivity contribution in [3.63, 3.8) is 0 Å². The number of pyridine rings is 1. The summed E-state index contributed by atoms with van der Waals surface area (Å²) < 4.78 is 0. The lowest BCUT2D eigenvalue weighted by Gasteiger charge is -2.27. The predicted molar refractivity (Wildman–Crippen MR) is 110 cm³/mol. The fourth-order valence-electron chi connectivity index (χ4n) is 3.33. The first kappa shape index (κ1) is 20.9. The molecule has 2 aromatic rings. The molecule has 0 spiro atoms. The van der Waals surface area contributed by atoms with Crippen molar-refractivity contribution in [2.24, 2.45) is 0 Å². The SMILES string of the molecule is Cl.Cl.O=C(NCCN1CCNCC1)c1cc(C2CC2)nc2ccccc12. The molecule has 2 aliphatic rings. The van der Waals surface area contributed by atoms with E-state index >= 15 is 0 Å². The number of para-hydroxylation sites is 1. The standard InChI is InChI=1S/C19H24N4O.2ClH/c24-19(21-9-12-23-10-7-20-8-11-23)16-13-18(14-5-6-14)22-17-4-2-1-3-15(16)17;;/h1-4,13-14,20H,5-12H2,(H,21,24);2*1H. The normalized spacial score (nSPS) is 17.2. The summed E-state index contributed by atoms with van der Waals surface area (Å²) in [7, 11) is 0. The number of fused-ring (bicyclic) bond motifs is 1. The molecule has 0 atom stereocenters. The van der Waals surface area contributed by atoms with Gasteiger partial charge in [-0.3, -0.25) is 14.7 Å². The molecule has 1 aliphatic heterocycles. The zero-order valence-electron chi connectivity index (χ0n) is 14.7. The largest absolute Gasteiger partial charge is 0.351 e. The second-order valence-electron chi connectivity index (χ2n) is 6.73. The molecule has 26 heavy (non-hydrogen) atoms. The number of nitrogens with one attached hydrogen (secondary N) is 2. The maximum atomic E-state index is 12.7. The summed E-state index contributed by atoms with van der Waals surface area (Å²) in [5.74, 6) is 0.563. The number of aromatic nitrogens is 1. The smallest absolute Gasteiger partial charge is 0.252 e. The van der Waals surface area contributed by atoms with Crippen LogP contribution in [0.5, 0.6) is 0 Å². The molecule has 2 heterocycles. The highest BCUT2D eigenvalue weighted by Gasteiger charge is 2.26. The van der Waals surface area contributed by atoms with Crippen LogP contribution in [0.25, 0.3) is 10.9 Å². The number of amides is 1. The molecular weight excluding hydrogens is 371 g/mol. The Kier molecular flexibility index (Phi) is 7.65. The van der Waals surface area contributed by atoms with Gasteiger partial charge in [-0.25, -0.2) is 0 Å². The number of nitrogens with zero attached hydrogens (tertiary/aromatic N) is 2. The highest BCUT2D eigenvalue weighted by molar-refractivity contribution is 6.06. The Hall–Kier alpha value is -1.40. The van der Waals surface area contributed by atoms with Crippen LogP contribution in [-0.4, -0.2) is 55.1 Å². The number of benzene rings is 1. The average molecular weight is 397 g/mol. The molecule has 1 aliphatic carbocycles. The number of rotatable bonds is 5. The maximum absolute atomic E-state index is 12.7. The van der Waals surface area contributed by atoms with E-state index in [0.29, 0.717) is 12.5 Å². The van der Waals surface area contributed by atoms with E-state index in [4.69, 9.17) is 4.98 Å². The van der Waals surface area contributed by atoms with E-state index in [0.717, 1.165) is 54.9 Å². The minimum atomic E-state index is 0. The van der Waals surface area contributed by atoms with Gasteiger partial charge in [-0.2, -0.15) is 0 Å². The van der Waals surface area contributed by atoms with Gasteiger partial charge in [0.1, 0.15) is 0 Å². The van der Waals surface area contributed by atoms with E-state index in [9.17, 15) is 4.79 Å². The third-order valence-electron chi connectivity index (χ3n) is 4.90. The number of carbonyl (C=O) groups excluding carboxylic acids is 1. The van der Waals surface area contributed by atoms with Crippen LogP contribution in [0.2, 0.25) is 0 Å². The number of hydrogen-bond donors (Lipinski definition) is 2. The minimum absolute atomic E-state index is 0. The maximum Gasteiger partial charge on any atom is 0.252 e. The zero-order chi connectivity index (χ0) is 16.4. The zero-order valence-corrected chi connectivity index (χ0v) is 16.4. The van der Waals surface area contributed by atoms with Crippen molar-refractivity contribution >= 4 is 41.6 Å². The van der Waals surface area contributed by atoms with Crippen molar-refractivity contribution in [2.45, 2.75) is 18.8 Å². The molecule has 1 aromatic heterocycles. The van der Waals surface area contributed by atoms with Crippen LogP contribution in [0, 0.1) is 0 Å². The number of carbonyl (C=O) groups is 1. The van der Waals surface area contributed by atoms with Crippen LogP contribution in [0.1, 0.15) is 34.8 Å². The highest BCUT2D eigenvalue weighted by Crippen LogP contribution is 2.40. The van der Waals surface area contributed by atoms with Crippen molar-refractivity contribution in [3.8, 4) is 0 Å². The Morgan fingerprint density at radius 2 is 1.92 bits per heavy atom. The lowest BCUT2D eigenvalue weighted by Crippen LogP contribution is -2.46. The van der Waals surface area contributed by atoms with Gasteiger partial charge < -0.3 is 10.6 Å². The van der Waals surface area contributed by atoms with Crippen LogP contribution in [-0.2, 0) is 0 Å². The van der Waals surface area contributed by atoms with Gasteiger partial charge in [0.25, 0.3) is 5.91 Å². The Morgan fingerprint density at radius 3 is 2.65 bits per heavy atom. The van der Waals surface area contributed by atoms with Gasteiger partial charge in [0.15, 0.2) is 0 Å². The van der Waals surface area contributed by atoms with Crippen molar-refractivity contribution < 1.29 is 4.79 Å². The van der Waals surface area contributed by atoms with Gasteiger partial charge in [0.05, 0.1) is 11.1 Å². The fourth-order valence-corrected chi connectivity index (χ4v) is 3.33. The summed E-state index contributed by atoms with van der Waals surface area (Å²) in [5, 5.41) is 7.39. The van der Waals surface area contributed by atoms with Crippen LogP contribution in [0.4, 0.5) is 0 Å². The van der Waals surface area contributed by atoms with E-state index in [1.807, 2.05) is 30.3 Å². The first-order chi connectivity index (χ1) is 11.8. The predicted octanol–water partition coefficient (Wildman–Crippen LogP) is 2.59. The molecule has 1 saturated carbocycles. The number of halogens is 2. The quantitative estimate of drug-likeness (QED) is 0.815. The molecule has 2 N–H and O–H groups in total. The number of hydrogen-bond acceptors (Lipinski definition) is 4. The summed E-state index contributed by atoms with van der Waals surface area (Å²) in [6, 6.07) is 9.94. The van der Waals surface area contributed by atoms with Gasteiger partial charge in [-0.15, -0.1) is 24.8 Å². The fraction of sp³-hybridized carbons (Fsp3) is 0.474. The van der Waals surface area contributed by atoms with E-state index in [2.05, 4.69) is 15.5 Å². The Bertz CT molecular complexity index is 745. The van der Waals surface area contributed by atoms with Gasteiger partial charge in [0, 0.05) is 56.3 Å². The molecule has 1 amide bonds. The van der Waals surface area contributed by atoms with Gasteiger partial charge in [-0.1, -0.05) is 18.2 Å². The molecule has 4 rings (SSSR count). The van der Waals surface area contributed by atoms with Crippen LogP contribution >= 0.6 is 24.8 Å². The van der Waals surface area contributed by atoms with E-state index in [1.165, 1.54) is 12.8 Å². The Labute approximate surface area is 166 Å². The van der Waals surface area contributed by atoms with E-state index in [-0.39, 0.29) is 30.7 Å². The lowest BCUT2D eigenvalue weighted by atomic mass is 10.1. The second kappa shape index (κ2) is 9.51. The van der Waals surface area contributed by atoms with Crippen molar-refractivity contribution in [1.29, 1.82) is 0 Å². The second-order valence-corrected chi connectivity index (χ2v) is 6.73. The third-order valence-corrected chi connectivity index (χ3v) is 4.90. The molecule has 142 valence electrons. The van der Waals surface area contributed by atoms with Crippen molar-refractivity contribution in [2.75, 3.05) is 39.3 Å². The van der Waals surface area contributed by atoms with Crippen LogP contribution in [0.15, 0.2) is 30.3 Å². The van der Waals surface area contributed by atoms with Crippen molar-refractivity contribution in [3.05, 3.63) is 41.6 Å². The summed E-state index contributed by atoms with van der Waals surface area (Å²) in [5.41, 5.74) is 2.76. The Morgan fingerprint density at radius 1 is 1.19 bits per heavy atom. The van der Waals surface area contributed by atoms with Gasteiger partial charge >= 0.3 is 0 Å². The van der Waals surface area contributed by atoms with E-state index in [1.54, 1.807) is 0 Å². The summed E-state index contributed by atoms with van der Waals surface area (Å²) in [4.78, 5) is 19.9. The summed E-state index contributed by atoms with van der Waals surface area (Å²) in [6.45, 7) is 5.78. The van der Waals surface area contributed by atoms with Crippen LogP contribution in [0.3, 0.4) is 0 Å². The topological polar surface area (TPSA) is 57.3 Å². The molecule has 1 aromatic carbocycles. The molecular formula is C19H26Cl2N4O. The molecule has 5 nitrogen and oxygen atoms in total. The molecule has 1 saturated heterocycles. The Balaban J connectivity index is 0.00000121. The van der Waals surface area contributed by atoms with Crippen molar-refractivity contribution in [1.82, 2.24) is 20.5 Å². The highest BCUT2D eigenvalue weighted by atomic mass is 35.5. The molecule has 0 unspecified atom stereocenters. The minimum Gasteiger partial charge on any atom is -0.351 e. The average Bonchev–Trinajstić information content (AvgIpc) is 3.47.